The Morgan fingerprint density at radius 1 is 1.04 bits per heavy atom. The van der Waals surface area contributed by atoms with Crippen LogP contribution >= 0.6 is 0 Å². The third-order valence-corrected chi connectivity index (χ3v) is 6.65. The van der Waals surface area contributed by atoms with Crippen molar-refractivity contribution in [3.05, 3.63) is 35.4 Å². The maximum atomic E-state index is 12.7. The molecule has 0 bridgehead atoms. The number of hydrogen-bond acceptors (Lipinski definition) is 2. The highest BCUT2D eigenvalue weighted by atomic mass is 16.2. The van der Waals surface area contributed by atoms with Crippen LogP contribution in [0.2, 0.25) is 0 Å². The van der Waals surface area contributed by atoms with Crippen LogP contribution in [0.3, 0.4) is 0 Å². The summed E-state index contributed by atoms with van der Waals surface area (Å²) in [6, 6.07) is 8.72. The Hall–Kier alpha value is -1.84. The summed E-state index contributed by atoms with van der Waals surface area (Å²) in [6.07, 6.45) is 6.07. The second kappa shape index (κ2) is 6.47. The number of fused-ring (bicyclic) bond motifs is 2. The van der Waals surface area contributed by atoms with Crippen molar-refractivity contribution < 1.29 is 9.59 Å². The molecule has 0 aromatic heterocycles. The third kappa shape index (κ3) is 2.96. The molecule has 2 saturated heterocycles. The van der Waals surface area contributed by atoms with Crippen LogP contribution in [-0.4, -0.2) is 47.8 Å². The second-order valence-corrected chi connectivity index (χ2v) is 8.07. The van der Waals surface area contributed by atoms with Gasteiger partial charge < -0.3 is 9.80 Å². The molecule has 0 radical (unpaired) electrons. The topological polar surface area (TPSA) is 40.6 Å². The van der Waals surface area contributed by atoms with Crippen LogP contribution in [0.15, 0.2) is 24.3 Å². The molecule has 1 aromatic rings. The Labute approximate surface area is 150 Å². The van der Waals surface area contributed by atoms with Gasteiger partial charge in [-0.3, -0.25) is 9.59 Å². The van der Waals surface area contributed by atoms with Crippen molar-refractivity contribution >= 4 is 11.8 Å². The van der Waals surface area contributed by atoms with Crippen molar-refractivity contribution in [3.8, 4) is 0 Å². The zero-order valence-electron chi connectivity index (χ0n) is 15.2. The normalized spacial score (nSPS) is 24.6. The molecule has 2 heterocycles. The summed E-state index contributed by atoms with van der Waals surface area (Å²) < 4.78 is 0. The first-order valence-electron chi connectivity index (χ1n) is 9.72. The largest absolute Gasteiger partial charge is 0.343 e. The quantitative estimate of drug-likeness (QED) is 0.830. The molecule has 1 aliphatic carbocycles. The minimum Gasteiger partial charge on any atom is -0.343 e. The molecular formula is C21H28N2O2. The van der Waals surface area contributed by atoms with E-state index in [1.54, 1.807) is 6.92 Å². The van der Waals surface area contributed by atoms with Gasteiger partial charge in [-0.05, 0) is 54.6 Å². The lowest BCUT2D eigenvalue weighted by atomic mass is 9.73. The number of piperidine rings is 1. The molecule has 0 saturated carbocycles. The summed E-state index contributed by atoms with van der Waals surface area (Å²) in [5.74, 6) is 0.852. The van der Waals surface area contributed by atoms with E-state index < -0.39 is 0 Å². The van der Waals surface area contributed by atoms with Gasteiger partial charge in [-0.15, -0.1) is 0 Å². The molecule has 2 amide bonds. The first kappa shape index (κ1) is 16.6. The van der Waals surface area contributed by atoms with Gasteiger partial charge in [0.2, 0.25) is 11.8 Å². The van der Waals surface area contributed by atoms with E-state index in [0.717, 1.165) is 58.3 Å². The molecule has 4 rings (SSSR count). The van der Waals surface area contributed by atoms with E-state index in [4.69, 9.17) is 0 Å². The van der Waals surface area contributed by atoms with E-state index in [9.17, 15) is 9.59 Å². The van der Waals surface area contributed by atoms with E-state index in [-0.39, 0.29) is 11.3 Å². The van der Waals surface area contributed by atoms with Crippen molar-refractivity contribution in [3.63, 3.8) is 0 Å². The number of carbonyl (C=O) groups excluding carboxylic acids is 2. The molecular weight excluding hydrogens is 312 g/mol. The number of likely N-dealkylation sites (tertiary alicyclic amines) is 2. The molecule has 2 aliphatic heterocycles. The lowest BCUT2D eigenvalue weighted by Gasteiger charge is -2.40. The van der Waals surface area contributed by atoms with Gasteiger partial charge in [-0.2, -0.15) is 0 Å². The molecule has 1 aromatic carbocycles. The first-order valence-corrected chi connectivity index (χ1v) is 9.72. The molecule has 134 valence electrons. The lowest BCUT2D eigenvalue weighted by Crippen LogP contribution is -2.43. The van der Waals surface area contributed by atoms with Gasteiger partial charge in [0.25, 0.3) is 0 Å². The van der Waals surface area contributed by atoms with Crippen LogP contribution in [0, 0.1) is 0 Å². The average molecular weight is 340 g/mol. The van der Waals surface area contributed by atoms with E-state index in [1.807, 2.05) is 9.80 Å². The SMILES string of the molecule is CC(=O)N1CCC2(CC1)CC(CC(=O)N1CCCC1)c1ccccc12. The van der Waals surface area contributed by atoms with Crippen LogP contribution < -0.4 is 0 Å². The van der Waals surface area contributed by atoms with Crippen LogP contribution in [0.4, 0.5) is 0 Å². The maximum absolute atomic E-state index is 12.7. The number of rotatable bonds is 2. The summed E-state index contributed by atoms with van der Waals surface area (Å²) >= 11 is 0. The zero-order valence-corrected chi connectivity index (χ0v) is 15.2. The van der Waals surface area contributed by atoms with Gasteiger partial charge in [-0.1, -0.05) is 24.3 Å². The van der Waals surface area contributed by atoms with E-state index in [0.29, 0.717) is 18.2 Å². The van der Waals surface area contributed by atoms with Gasteiger partial charge in [0, 0.05) is 39.5 Å². The van der Waals surface area contributed by atoms with Gasteiger partial charge in [0.1, 0.15) is 0 Å². The highest BCUT2D eigenvalue weighted by Crippen LogP contribution is 2.52. The van der Waals surface area contributed by atoms with Crippen molar-refractivity contribution in [2.45, 2.75) is 56.8 Å². The molecule has 3 aliphatic rings. The molecule has 4 heteroatoms. The average Bonchev–Trinajstić information content (AvgIpc) is 3.24. The van der Waals surface area contributed by atoms with Crippen molar-refractivity contribution in [1.82, 2.24) is 9.80 Å². The van der Waals surface area contributed by atoms with E-state index in [1.165, 1.54) is 11.1 Å². The predicted molar refractivity (Wildman–Crippen MR) is 97.4 cm³/mol. The third-order valence-electron chi connectivity index (χ3n) is 6.65. The fourth-order valence-electron chi connectivity index (χ4n) is 5.24. The Morgan fingerprint density at radius 2 is 1.72 bits per heavy atom. The molecule has 25 heavy (non-hydrogen) atoms. The van der Waals surface area contributed by atoms with Gasteiger partial charge >= 0.3 is 0 Å². The van der Waals surface area contributed by atoms with Crippen LogP contribution in [-0.2, 0) is 15.0 Å². The van der Waals surface area contributed by atoms with Gasteiger partial charge in [-0.25, -0.2) is 0 Å². The summed E-state index contributed by atoms with van der Waals surface area (Å²) in [4.78, 5) is 28.4. The standard InChI is InChI=1S/C21H28N2O2/c1-16(24)22-12-8-21(9-13-22)15-17(18-6-2-3-7-19(18)21)14-20(25)23-10-4-5-11-23/h2-3,6-7,17H,4-5,8-15H2,1H3. The first-order chi connectivity index (χ1) is 12.1. The summed E-state index contributed by atoms with van der Waals surface area (Å²) in [5, 5.41) is 0. The summed E-state index contributed by atoms with van der Waals surface area (Å²) in [6.45, 7) is 5.23. The van der Waals surface area contributed by atoms with Crippen molar-refractivity contribution in [1.29, 1.82) is 0 Å². The molecule has 0 N–H and O–H groups in total. The van der Waals surface area contributed by atoms with Gasteiger partial charge in [0.05, 0.1) is 0 Å². The number of amides is 2. The van der Waals surface area contributed by atoms with E-state index >= 15 is 0 Å². The highest BCUT2D eigenvalue weighted by Gasteiger charge is 2.46. The van der Waals surface area contributed by atoms with Crippen LogP contribution in [0.5, 0.6) is 0 Å². The van der Waals surface area contributed by atoms with Crippen LogP contribution in [0.1, 0.15) is 62.5 Å². The smallest absolute Gasteiger partial charge is 0.223 e. The fraction of sp³-hybridized carbons (Fsp3) is 0.619. The molecule has 1 atom stereocenters. The Balaban J connectivity index is 1.54. The maximum Gasteiger partial charge on any atom is 0.223 e. The minimum atomic E-state index is 0.165. The zero-order chi connectivity index (χ0) is 17.4. The molecule has 1 unspecified atom stereocenters. The van der Waals surface area contributed by atoms with E-state index in [2.05, 4.69) is 24.3 Å². The molecule has 4 nitrogen and oxygen atoms in total. The monoisotopic (exact) mass is 340 g/mol. The van der Waals surface area contributed by atoms with Crippen LogP contribution in [0.25, 0.3) is 0 Å². The Morgan fingerprint density at radius 3 is 2.40 bits per heavy atom. The number of hydrogen-bond donors (Lipinski definition) is 0. The molecule has 2 fully saturated rings. The van der Waals surface area contributed by atoms with Crippen molar-refractivity contribution in [2.24, 2.45) is 0 Å². The summed E-state index contributed by atoms with van der Waals surface area (Å²) in [5.41, 5.74) is 2.99. The lowest BCUT2D eigenvalue weighted by molar-refractivity contribution is -0.130. The number of nitrogens with zero attached hydrogens (tertiary/aromatic N) is 2. The highest BCUT2D eigenvalue weighted by molar-refractivity contribution is 5.78. The van der Waals surface area contributed by atoms with Gasteiger partial charge in [0.15, 0.2) is 0 Å². The number of carbonyl (C=O) groups is 2. The molecule has 1 spiro atoms. The Kier molecular flexibility index (Phi) is 4.30. The Bertz CT molecular complexity index is 670. The fourth-order valence-corrected chi connectivity index (χ4v) is 5.24. The second-order valence-electron chi connectivity index (χ2n) is 8.07. The summed E-state index contributed by atoms with van der Waals surface area (Å²) in [7, 11) is 0. The van der Waals surface area contributed by atoms with Crippen molar-refractivity contribution in [2.75, 3.05) is 26.2 Å². The minimum absolute atomic E-state index is 0.165. The number of benzene rings is 1. The predicted octanol–water partition coefficient (Wildman–Crippen LogP) is 3.07.